The summed E-state index contributed by atoms with van der Waals surface area (Å²) in [6, 6.07) is 17.0. The van der Waals surface area contributed by atoms with E-state index in [1.54, 1.807) is 24.3 Å². The van der Waals surface area contributed by atoms with E-state index in [4.69, 9.17) is 5.73 Å². The molecule has 1 fully saturated rings. The zero-order chi connectivity index (χ0) is 26.9. The van der Waals surface area contributed by atoms with Gasteiger partial charge in [0.15, 0.2) is 0 Å². The van der Waals surface area contributed by atoms with Gasteiger partial charge in [-0.1, -0.05) is 36.4 Å². The molecule has 1 aliphatic rings. The summed E-state index contributed by atoms with van der Waals surface area (Å²) in [5, 5.41) is 6.09. The third-order valence-corrected chi connectivity index (χ3v) is 6.66. The predicted molar refractivity (Wildman–Crippen MR) is 141 cm³/mol. The number of nitrogens with one attached hydrogen (secondary N) is 3. The Morgan fingerprint density at radius 1 is 0.947 bits per heavy atom. The van der Waals surface area contributed by atoms with Crippen molar-refractivity contribution in [2.75, 3.05) is 23.7 Å². The lowest BCUT2D eigenvalue weighted by Crippen LogP contribution is -2.23. The number of H-pyrrole nitrogens is 1. The number of anilines is 2. The fourth-order valence-electron chi connectivity index (χ4n) is 4.82. The molecule has 1 aliphatic heterocycles. The number of aromatic amines is 1. The smallest absolute Gasteiger partial charge is 0.364 e. The first-order valence-electron chi connectivity index (χ1n) is 12.2. The van der Waals surface area contributed by atoms with Gasteiger partial charge >= 0.3 is 12.2 Å². The number of halogens is 3. The Morgan fingerprint density at radius 2 is 1.66 bits per heavy atom. The van der Waals surface area contributed by atoms with Crippen LogP contribution >= 0.6 is 0 Å². The van der Waals surface area contributed by atoms with Crippen molar-refractivity contribution in [3.8, 4) is 11.1 Å². The van der Waals surface area contributed by atoms with Gasteiger partial charge in [-0.3, -0.25) is 9.69 Å². The van der Waals surface area contributed by atoms with E-state index in [0.717, 1.165) is 49.0 Å². The van der Waals surface area contributed by atoms with Gasteiger partial charge in [-0.25, -0.2) is 4.79 Å². The van der Waals surface area contributed by atoms with Crippen LogP contribution in [0.15, 0.2) is 66.7 Å². The summed E-state index contributed by atoms with van der Waals surface area (Å²) in [7, 11) is 0. The molecule has 0 spiro atoms. The van der Waals surface area contributed by atoms with E-state index in [1.807, 2.05) is 24.3 Å². The molecule has 196 valence electrons. The average molecular weight is 522 g/mol. The van der Waals surface area contributed by atoms with Crippen LogP contribution in [0.25, 0.3) is 22.0 Å². The third kappa shape index (κ3) is 5.35. The van der Waals surface area contributed by atoms with Crippen molar-refractivity contribution in [3.05, 3.63) is 83.6 Å². The van der Waals surface area contributed by atoms with Crippen LogP contribution in [-0.4, -0.2) is 34.9 Å². The number of hydrogen-bond donors (Lipinski definition) is 4. The standard InChI is InChI=1S/C28H26F3N5O2/c29-28(30,31)19-10-7-18(16-36-13-3-4-14-36)23(15-19)35-27(38)33-20-11-8-17(9-12-20)24-21-5-1-2-6-22(21)34-25(24)26(32)37/h1-2,5-12,15,34H,3-4,13-14,16H2,(H2,32,37)(H2,33,35,38). The number of nitrogens with two attached hydrogens (primary N) is 1. The van der Waals surface area contributed by atoms with Crippen molar-refractivity contribution >= 4 is 34.2 Å². The number of para-hydroxylation sites is 1. The Kier molecular flexibility index (Phi) is 6.81. The molecule has 0 unspecified atom stereocenters. The topological polar surface area (TPSA) is 103 Å². The second-order valence-corrected chi connectivity index (χ2v) is 9.29. The molecule has 1 saturated heterocycles. The van der Waals surface area contributed by atoms with Crippen molar-refractivity contribution in [1.82, 2.24) is 9.88 Å². The lowest BCUT2D eigenvalue weighted by molar-refractivity contribution is -0.137. The predicted octanol–water partition coefficient (Wildman–Crippen LogP) is 6.19. The first kappa shape index (κ1) is 25.3. The van der Waals surface area contributed by atoms with E-state index in [1.165, 1.54) is 6.07 Å². The van der Waals surface area contributed by atoms with Gasteiger partial charge in [-0.05, 0) is 67.4 Å². The number of amides is 3. The van der Waals surface area contributed by atoms with Crippen molar-refractivity contribution in [2.24, 2.45) is 5.73 Å². The lowest BCUT2D eigenvalue weighted by atomic mass is 10.0. The molecule has 0 atom stereocenters. The molecule has 38 heavy (non-hydrogen) atoms. The molecule has 0 aliphatic carbocycles. The second-order valence-electron chi connectivity index (χ2n) is 9.29. The summed E-state index contributed by atoms with van der Waals surface area (Å²) in [6.07, 6.45) is -2.44. The molecular formula is C28H26F3N5O2. The average Bonchev–Trinajstić information content (AvgIpc) is 3.53. The van der Waals surface area contributed by atoms with Crippen molar-refractivity contribution in [3.63, 3.8) is 0 Å². The summed E-state index contributed by atoms with van der Waals surface area (Å²) in [5.74, 6) is -0.594. The maximum absolute atomic E-state index is 13.3. The molecule has 5 rings (SSSR count). The number of carbonyl (C=O) groups is 2. The van der Waals surface area contributed by atoms with Crippen molar-refractivity contribution in [2.45, 2.75) is 25.6 Å². The van der Waals surface area contributed by atoms with E-state index in [-0.39, 0.29) is 11.4 Å². The van der Waals surface area contributed by atoms with Crippen molar-refractivity contribution in [1.29, 1.82) is 0 Å². The van der Waals surface area contributed by atoms with Gasteiger partial charge in [-0.2, -0.15) is 13.2 Å². The maximum atomic E-state index is 13.3. The maximum Gasteiger partial charge on any atom is 0.416 e. The number of alkyl halides is 3. The fraction of sp³-hybridized carbons (Fsp3) is 0.214. The Labute approximate surface area is 216 Å². The molecule has 7 nitrogen and oxygen atoms in total. The number of fused-ring (bicyclic) bond motifs is 1. The molecule has 2 heterocycles. The highest BCUT2D eigenvalue weighted by Gasteiger charge is 2.31. The highest BCUT2D eigenvalue weighted by Crippen LogP contribution is 2.34. The Morgan fingerprint density at radius 3 is 2.34 bits per heavy atom. The number of rotatable bonds is 6. The zero-order valence-electron chi connectivity index (χ0n) is 20.4. The SMILES string of the molecule is NC(=O)c1[nH]c2ccccc2c1-c1ccc(NC(=O)Nc2cc(C(F)(F)F)ccc2CN2CCCC2)cc1. The molecule has 10 heteroatoms. The van der Waals surface area contributed by atoms with E-state index in [2.05, 4.69) is 20.5 Å². The summed E-state index contributed by atoms with van der Waals surface area (Å²) >= 11 is 0. The highest BCUT2D eigenvalue weighted by molar-refractivity contribution is 6.09. The van der Waals surface area contributed by atoms with Crippen LogP contribution in [-0.2, 0) is 12.7 Å². The van der Waals surface area contributed by atoms with Crippen LogP contribution in [0.5, 0.6) is 0 Å². The quantitative estimate of drug-likeness (QED) is 0.243. The third-order valence-electron chi connectivity index (χ3n) is 6.66. The lowest BCUT2D eigenvalue weighted by Gasteiger charge is -2.19. The van der Waals surface area contributed by atoms with Gasteiger partial charge in [-0.15, -0.1) is 0 Å². The summed E-state index contributed by atoms with van der Waals surface area (Å²) in [6.45, 7) is 2.19. The van der Waals surface area contributed by atoms with E-state index in [0.29, 0.717) is 28.9 Å². The summed E-state index contributed by atoms with van der Waals surface area (Å²) in [4.78, 5) is 30.0. The highest BCUT2D eigenvalue weighted by atomic mass is 19.4. The van der Waals surface area contributed by atoms with Crippen LogP contribution in [0.4, 0.5) is 29.3 Å². The van der Waals surface area contributed by atoms with E-state index in [9.17, 15) is 22.8 Å². The van der Waals surface area contributed by atoms with Gasteiger partial charge in [0.05, 0.1) is 5.56 Å². The minimum atomic E-state index is -4.53. The zero-order valence-corrected chi connectivity index (χ0v) is 20.4. The van der Waals surface area contributed by atoms with Crippen LogP contribution in [0.3, 0.4) is 0 Å². The van der Waals surface area contributed by atoms with E-state index >= 15 is 0 Å². The number of aromatic nitrogens is 1. The Bertz CT molecular complexity index is 1490. The number of primary amides is 1. The minimum Gasteiger partial charge on any atom is -0.364 e. The summed E-state index contributed by atoms with van der Waals surface area (Å²) in [5.41, 5.74) is 8.32. The van der Waals surface area contributed by atoms with Crippen LogP contribution < -0.4 is 16.4 Å². The number of likely N-dealkylation sites (tertiary alicyclic amines) is 1. The molecule has 5 N–H and O–H groups in total. The number of urea groups is 1. The number of benzene rings is 3. The first-order valence-corrected chi connectivity index (χ1v) is 12.2. The molecular weight excluding hydrogens is 495 g/mol. The number of nitrogens with zero attached hydrogens (tertiary/aromatic N) is 1. The van der Waals surface area contributed by atoms with E-state index < -0.39 is 23.7 Å². The summed E-state index contributed by atoms with van der Waals surface area (Å²) < 4.78 is 40.0. The van der Waals surface area contributed by atoms with Crippen LogP contribution in [0.2, 0.25) is 0 Å². The van der Waals surface area contributed by atoms with Crippen LogP contribution in [0.1, 0.15) is 34.5 Å². The Hall–Kier alpha value is -4.31. The Balaban J connectivity index is 1.36. The molecule has 0 bridgehead atoms. The second kappa shape index (κ2) is 10.2. The monoisotopic (exact) mass is 521 g/mol. The van der Waals surface area contributed by atoms with Crippen LogP contribution in [0, 0.1) is 0 Å². The largest absolute Gasteiger partial charge is 0.416 e. The van der Waals surface area contributed by atoms with Crippen molar-refractivity contribution < 1.29 is 22.8 Å². The minimum absolute atomic E-state index is 0.116. The molecule has 3 amide bonds. The molecule has 0 radical (unpaired) electrons. The molecule has 1 aromatic heterocycles. The van der Waals surface area contributed by atoms with Gasteiger partial charge in [0.2, 0.25) is 0 Å². The van der Waals surface area contributed by atoms with Gasteiger partial charge < -0.3 is 21.4 Å². The number of carbonyl (C=O) groups excluding carboxylic acids is 2. The van der Waals surface area contributed by atoms with Gasteiger partial charge in [0, 0.05) is 34.4 Å². The number of hydrogen-bond acceptors (Lipinski definition) is 3. The van der Waals surface area contributed by atoms with Gasteiger partial charge in [0.25, 0.3) is 5.91 Å². The molecule has 0 saturated carbocycles. The normalized spacial score (nSPS) is 14.1. The first-order chi connectivity index (χ1) is 18.2. The fourth-order valence-corrected chi connectivity index (χ4v) is 4.82. The van der Waals surface area contributed by atoms with Gasteiger partial charge in [0.1, 0.15) is 5.69 Å². The molecule has 3 aromatic carbocycles. The molecule has 4 aromatic rings.